The average molecular weight is 287 g/mol. The summed E-state index contributed by atoms with van der Waals surface area (Å²) in [5, 5.41) is 0. The monoisotopic (exact) mass is 287 g/mol. The molecule has 2 N–H and O–H groups in total. The molecule has 112 valence electrons. The van der Waals surface area contributed by atoms with Gasteiger partial charge in [0, 0.05) is 11.6 Å². The van der Waals surface area contributed by atoms with Crippen LogP contribution < -0.4 is 5.73 Å². The van der Waals surface area contributed by atoms with Crippen LogP contribution in [0.25, 0.3) is 0 Å². The maximum absolute atomic E-state index is 14.1. The summed E-state index contributed by atoms with van der Waals surface area (Å²) >= 11 is 0. The largest absolute Gasteiger partial charge is 0.364 e. The quantitative estimate of drug-likeness (QED) is 0.855. The highest BCUT2D eigenvalue weighted by Gasteiger charge is 2.24. The Labute approximate surface area is 125 Å². The SMILES string of the molecule is CCC(N)C(OC(C)c1ccccc1)c1ccccc1F. The predicted molar refractivity (Wildman–Crippen MR) is 83.3 cm³/mol. The molecule has 2 nitrogen and oxygen atoms in total. The highest BCUT2D eigenvalue weighted by Crippen LogP contribution is 2.30. The summed E-state index contributed by atoms with van der Waals surface area (Å²) in [5.74, 6) is -0.272. The van der Waals surface area contributed by atoms with Crippen LogP contribution in [0, 0.1) is 5.82 Å². The third-order valence-corrected chi connectivity index (χ3v) is 3.69. The van der Waals surface area contributed by atoms with Gasteiger partial charge in [-0.05, 0) is 25.0 Å². The molecular weight excluding hydrogens is 265 g/mol. The molecule has 0 aliphatic rings. The van der Waals surface area contributed by atoms with Crippen molar-refractivity contribution in [3.05, 3.63) is 71.5 Å². The van der Waals surface area contributed by atoms with Crippen LogP contribution in [-0.2, 0) is 4.74 Å². The maximum atomic E-state index is 14.1. The molecule has 0 aliphatic carbocycles. The Balaban J connectivity index is 2.24. The summed E-state index contributed by atoms with van der Waals surface area (Å²) in [7, 11) is 0. The number of halogens is 1. The predicted octanol–water partition coefficient (Wildman–Crippen LogP) is 4.38. The Kier molecular flexibility index (Phi) is 5.48. The summed E-state index contributed by atoms with van der Waals surface area (Å²) in [6.45, 7) is 3.95. The van der Waals surface area contributed by atoms with Gasteiger partial charge in [0.1, 0.15) is 11.9 Å². The third kappa shape index (κ3) is 3.90. The zero-order valence-electron chi connectivity index (χ0n) is 12.5. The summed E-state index contributed by atoms with van der Waals surface area (Å²) < 4.78 is 20.1. The minimum absolute atomic E-state index is 0.145. The third-order valence-electron chi connectivity index (χ3n) is 3.69. The van der Waals surface area contributed by atoms with E-state index >= 15 is 0 Å². The molecule has 21 heavy (non-hydrogen) atoms. The van der Waals surface area contributed by atoms with Crippen LogP contribution in [0.1, 0.15) is 43.6 Å². The smallest absolute Gasteiger partial charge is 0.129 e. The molecule has 0 amide bonds. The van der Waals surface area contributed by atoms with E-state index in [-0.39, 0.29) is 18.0 Å². The number of benzene rings is 2. The van der Waals surface area contributed by atoms with Gasteiger partial charge in [-0.1, -0.05) is 55.5 Å². The highest BCUT2D eigenvalue weighted by atomic mass is 19.1. The molecule has 3 heteroatoms. The standard InChI is InChI=1S/C18H22FNO/c1-3-17(20)18(15-11-7-8-12-16(15)19)21-13(2)14-9-5-4-6-10-14/h4-13,17-18H,3,20H2,1-2H3. The van der Waals surface area contributed by atoms with Gasteiger partial charge in [-0.25, -0.2) is 4.39 Å². The fourth-order valence-corrected chi connectivity index (χ4v) is 2.35. The van der Waals surface area contributed by atoms with E-state index < -0.39 is 6.10 Å². The molecule has 0 radical (unpaired) electrons. The van der Waals surface area contributed by atoms with E-state index in [2.05, 4.69) is 0 Å². The summed E-state index contributed by atoms with van der Waals surface area (Å²) in [5.41, 5.74) is 7.73. The Morgan fingerprint density at radius 2 is 1.67 bits per heavy atom. The Morgan fingerprint density at radius 1 is 1.05 bits per heavy atom. The van der Waals surface area contributed by atoms with Crippen LogP contribution in [0.5, 0.6) is 0 Å². The second-order valence-electron chi connectivity index (χ2n) is 5.20. The fraction of sp³-hybridized carbons (Fsp3) is 0.333. The number of hydrogen-bond donors (Lipinski definition) is 1. The number of hydrogen-bond acceptors (Lipinski definition) is 2. The molecule has 0 aliphatic heterocycles. The van der Waals surface area contributed by atoms with Crippen LogP contribution >= 0.6 is 0 Å². The van der Waals surface area contributed by atoms with Crippen molar-refractivity contribution >= 4 is 0 Å². The van der Waals surface area contributed by atoms with Crippen molar-refractivity contribution in [1.29, 1.82) is 0 Å². The first kappa shape index (κ1) is 15.7. The van der Waals surface area contributed by atoms with Gasteiger partial charge in [-0.15, -0.1) is 0 Å². The number of ether oxygens (including phenoxy) is 1. The highest BCUT2D eigenvalue weighted by molar-refractivity contribution is 5.22. The molecular formula is C18H22FNO. The lowest BCUT2D eigenvalue weighted by molar-refractivity contribution is -0.0217. The van der Waals surface area contributed by atoms with Crippen LogP contribution in [0.2, 0.25) is 0 Å². The molecule has 0 heterocycles. The fourth-order valence-electron chi connectivity index (χ4n) is 2.35. The average Bonchev–Trinajstić information content (AvgIpc) is 2.53. The first-order valence-electron chi connectivity index (χ1n) is 7.34. The lowest BCUT2D eigenvalue weighted by Gasteiger charge is -2.28. The maximum Gasteiger partial charge on any atom is 0.129 e. The minimum atomic E-state index is -0.452. The molecule has 0 spiro atoms. The van der Waals surface area contributed by atoms with Crippen molar-refractivity contribution in [2.24, 2.45) is 5.73 Å². The van der Waals surface area contributed by atoms with Crippen LogP contribution in [-0.4, -0.2) is 6.04 Å². The molecule has 2 aromatic rings. The van der Waals surface area contributed by atoms with Crippen molar-refractivity contribution in [2.45, 2.75) is 38.5 Å². The van der Waals surface area contributed by atoms with E-state index in [0.29, 0.717) is 5.56 Å². The van der Waals surface area contributed by atoms with Crippen LogP contribution in [0.15, 0.2) is 54.6 Å². The summed E-state index contributed by atoms with van der Waals surface area (Å²) in [4.78, 5) is 0. The van der Waals surface area contributed by atoms with Gasteiger partial charge in [0.15, 0.2) is 0 Å². The topological polar surface area (TPSA) is 35.2 Å². The van der Waals surface area contributed by atoms with Crippen molar-refractivity contribution in [3.63, 3.8) is 0 Å². The van der Waals surface area contributed by atoms with Gasteiger partial charge in [0.05, 0.1) is 6.10 Å². The number of nitrogens with two attached hydrogens (primary N) is 1. The first-order chi connectivity index (χ1) is 10.1. The Morgan fingerprint density at radius 3 is 2.29 bits per heavy atom. The molecule has 0 saturated heterocycles. The van der Waals surface area contributed by atoms with Gasteiger partial charge < -0.3 is 10.5 Å². The van der Waals surface area contributed by atoms with E-state index in [1.54, 1.807) is 12.1 Å². The molecule has 0 fully saturated rings. The van der Waals surface area contributed by atoms with Crippen LogP contribution in [0.4, 0.5) is 4.39 Å². The molecule has 0 saturated carbocycles. The second-order valence-corrected chi connectivity index (χ2v) is 5.20. The normalized spacial score (nSPS) is 15.4. The van der Waals surface area contributed by atoms with E-state index in [0.717, 1.165) is 12.0 Å². The van der Waals surface area contributed by atoms with Gasteiger partial charge in [-0.3, -0.25) is 0 Å². The lowest BCUT2D eigenvalue weighted by Crippen LogP contribution is -2.31. The summed E-state index contributed by atoms with van der Waals surface area (Å²) in [6.07, 6.45) is 0.125. The van der Waals surface area contributed by atoms with Gasteiger partial charge in [-0.2, -0.15) is 0 Å². The van der Waals surface area contributed by atoms with Crippen molar-refractivity contribution in [3.8, 4) is 0 Å². The Hall–Kier alpha value is -1.71. The van der Waals surface area contributed by atoms with E-state index in [1.165, 1.54) is 6.07 Å². The zero-order valence-corrected chi connectivity index (χ0v) is 12.5. The van der Waals surface area contributed by atoms with E-state index in [4.69, 9.17) is 10.5 Å². The van der Waals surface area contributed by atoms with Crippen molar-refractivity contribution in [2.75, 3.05) is 0 Å². The molecule has 2 rings (SSSR count). The molecule has 3 atom stereocenters. The first-order valence-corrected chi connectivity index (χ1v) is 7.34. The molecule has 3 unspecified atom stereocenters. The minimum Gasteiger partial charge on any atom is -0.364 e. The number of rotatable bonds is 6. The molecule has 0 aromatic heterocycles. The summed E-state index contributed by atoms with van der Waals surface area (Å²) in [6, 6.07) is 16.3. The van der Waals surface area contributed by atoms with Crippen molar-refractivity contribution in [1.82, 2.24) is 0 Å². The van der Waals surface area contributed by atoms with E-state index in [1.807, 2.05) is 50.2 Å². The molecule has 0 bridgehead atoms. The van der Waals surface area contributed by atoms with Crippen molar-refractivity contribution < 1.29 is 9.13 Å². The molecule has 2 aromatic carbocycles. The van der Waals surface area contributed by atoms with Crippen LogP contribution in [0.3, 0.4) is 0 Å². The van der Waals surface area contributed by atoms with Gasteiger partial charge >= 0.3 is 0 Å². The Bertz CT molecular complexity index is 558. The van der Waals surface area contributed by atoms with E-state index in [9.17, 15) is 4.39 Å². The van der Waals surface area contributed by atoms with Gasteiger partial charge in [0.25, 0.3) is 0 Å². The second kappa shape index (κ2) is 7.34. The van der Waals surface area contributed by atoms with Gasteiger partial charge in [0.2, 0.25) is 0 Å². The zero-order chi connectivity index (χ0) is 15.2. The lowest BCUT2D eigenvalue weighted by atomic mass is 9.99.